The molecular formula is C21H23F3N2O2. The molecule has 0 unspecified atom stereocenters. The number of hydrogen-bond acceptors (Lipinski definition) is 3. The van der Waals surface area contributed by atoms with Crippen molar-refractivity contribution in [3.8, 4) is 0 Å². The summed E-state index contributed by atoms with van der Waals surface area (Å²) in [4.78, 5) is 16.0. The molecule has 0 aromatic heterocycles. The van der Waals surface area contributed by atoms with E-state index in [2.05, 4.69) is 0 Å². The lowest BCUT2D eigenvalue weighted by atomic mass is 9.94. The van der Waals surface area contributed by atoms with Gasteiger partial charge in [0, 0.05) is 37.1 Å². The highest BCUT2D eigenvalue weighted by Crippen LogP contribution is 2.36. The molecule has 1 saturated heterocycles. The van der Waals surface area contributed by atoms with Crippen molar-refractivity contribution in [2.75, 3.05) is 31.1 Å². The van der Waals surface area contributed by atoms with Gasteiger partial charge in [0.2, 0.25) is 5.91 Å². The van der Waals surface area contributed by atoms with Crippen molar-refractivity contribution in [1.29, 1.82) is 0 Å². The minimum atomic E-state index is -4.27. The molecule has 1 amide bonds. The van der Waals surface area contributed by atoms with Gasteiger partial charge in [0.05, 0.1) is 18.6 Å². The summed E-state index contributed by atoms with van der Waals surface area (Å²) >= 11 is 0. The van der Waals surface area contributed by atoms with Gasteiger partial charge in [-0.2, -0.15) is 13.2 Å². The Morgan fingerprint density at radius 1 is 1.14 bits per heavy atom. The predicted molar refractivity (Wildman–Crippen MR) is 101 cm³/mol. The minimum Gasteiger partial charge on any atom is -0.391 e. The highest BCUT2D eigenvalue weighted by atomic mass is 19.4. The van der Waals surface area contributed by atoms with Gasteiger partial charge in [-0.1, -0.05) is 36.4 Å². The topological polar surface area (TPSA) is 43.8 Å². The van der Waals surface area contributed by atoms with Gasteiger partial charge >= 0.3 is 6.18 Å². The van der Waals surface area contributed by atoms with Gasteiger partial charge in [0.15, 0.2) is 0 Å². The van der Waals surface area contributed by atoms with Crippen LogP contribution in [0.1, 0.15) is 18.4 Å². The zero-order valence-corrected chi connectivity index (χ0v) is 15.5. The molecule has 4 rings (SSSR count). The second-order valence-electron chi connectivity index (χ2n) is 7.75. The first-order chi connectivity index (χ1) is 13.3. The highest BCUT2D eigenvalue weighted by Gasteiger charge is 2.43. The van der Waals surface area contributed by atoms with Crippen molar-refractivity contribution in [2.45, 2.75) is 31.5 Å². The number of aliphatic hydroxyl groups is 1. The fourth-order valence-corrected chi connectivity index (χ4v) is 4.38. The van der Waals surface area contributed by atoms with Crippen LogP contribution in [0.2, 0.25) is 0 Å². The number of aliphatic hydroxyl groups excluding tert-OH is 1. The van der Waals surface area contributed by atoms with E-state index in [1.807, 2.05) is 41.3 Å². The molecule has 1 fully saturated rings. The number of benzene rings is 2. The number of alkyl halides is 3. The van der Waals surface area contributed by atoms with Crippen LogP contribution in [0.25, 0.3) is 10.8 Å². The molecule has 1 N–H and O–H groups in total. The van der Waals surface area contributed by atoms with Crippen molar-refractivity contribution in [2.24, 2.45) is 5.92 Å². The number of carbonyl (C=O) groups is 1. The Morgan fingerprint density at radius 2 is 1.93 bits per heavy atom. The van der Waals surface area contributed by atoms with E-state index in [1.54, 1.807) is 0 Å². The summed E-state index contributed by atoms with van der Waals surface area (Å²) < 4.78 is 39.2. The Labute approximate surface area is 161 Å². The van der Waals surface area contributed by atoms with E-state index >= 15 is 0 Å². The van der Waals surface area contributed by atoms with Gasteiger partial charge in [0.25, 0.3) is 0 Å². The summed E-state index contributed by atoms with van der Waals surface area (Å²) in [5, 5.41) is 12.3. The van der Waals surface area contributed by atoms with E-state index in [0.717, 1.165) is 22.0 Å². The number of piperidine rings is 1. The number of amides is 1. The van der Waals surface area contributed by atoms with Crippen LogP contribution in [0.15, 0.2) is 36.4 Å². The van der Waals surface area contributed by atoms with Crippen LogP contribution in [0.5, 0.6) is 0 Å². The van der Waals surface area contributed by atoms with Crippen LogP contribution in [-0.2, 0) is 11.2 Å². The van der Waals surface area contributed by atoms with Crippen LogP contribution >= 0.6 is 0 Å². The summed E-state index contributed by atoms with van der Waals surface area (Å²) in [5.41, 5.74) is 1.86. The lowest BCUT2D eigenvalue weighted by molar-refractivity contribution is -0.187. The predicted octanol–water partition coefficient (Wildman–Crippen LogP) is 3.36. The normalized spacial score (nSPS) is 23.0. The first-order valence-corrected chi connectivity index (χ1v) is 9.61. The first-order valence-electron chi connectivity index (χ1n) is 9.61. The lowest BCUT2D eigenvalue weighted by Gasteiger charge is -2.38. The van der Waals surface area contributed by atoms with Gasteiger partial charge < -0.3 is 14.9 Å². The summed E-state index contributed by atoms with van der Waals surface area (Å²) in [6, 6.07) is 11.8. The van der Waals surface area contributed by atoms with E-state index in [0.29, 0.717) is 25.9 Å². The highest BCUT2D eigenvalue weighted by molar-refractivity contribution is 5.98. The Bertz CT molecular complexity index is 884. The smallest absolute Gasteiger partial charge is 0.391 e. The molecule has 150 valence electrons. The van der Waals surface area contributed by atoms with Crippen LogP contribution in [0.3, 0.4) is 0 Å². The van der Waals surface area contributed by atoms with E-state index in [-0.39, 0.29) is 25.4 Å². The fourth-order valence-electron chi connectivity index (χ4n) is 4.38. The van der Waals surface area contributed by atoms with Gasteiger partial charge in [-0.15, -0.1) is 0 Å². The number of likely N-dealkylation sites (tertiary alicyclic amines) is 1. The summed E-state index contributed by atoms with van der Waals surface area (Å²) in [6.45, 7) is 0.344. The molecule has 7 heteroatoms. The molecule has 28 heavy (non-hydrogen) atoms. The Morgan fingerprint density at radius 3 is 2.71 bits per heavy atom. The Balaban J connectivity index is 1.59. The molecule has 4 nitrogen and oxygen atoms in total. The average molecular weight is 392 g/mol. The van der Waals surface area contributed by atoms with Crippen LogP contribution in [0, 0.1) is 5.92 Å². The molecule has 0 bridgehead atoms. The number of rotatable bonds is 2. The molecule has 2 aromatic rings. The standard InChI is InChI=1S/C21H23F3N2O2/c22-21(23,24)16-5-3-9-25(11-16)19(28)13-26-12-17(27)10-15-8-7-14-4-1-2-6-18(14)20(15)26/h1-2,4,6-8,16-17,27H,3,5,9-13H2/t16-,17-/m0/s1. The van der Waals surface area contributed by atoms with Crippen molar-refractivity contribution >= 4 is 22.4 Å². The average Bonchev–Trinajstić information content (AvgIpc) is 2.66. The maximum Gasteiger partial charge on any atom is 0.393 e. The van der Waals surface area contributed by atoms with Gasteiger partial charge in [-0.05, 0) is 23.8 Å². The van der Waals surface area contributed by atoms with E-state index in [4.69, 9.17) is 0 Å². The van der Waals surface area contributed by atoms with E-state index in [9.17, 15) is 23.1 Å². The maximum absolute atomic E-state index is 13.1. The lowest BCUT2D eigenvalue weighted by Crippen LogP contribution is -2.50. The molecule has 2 aliphatic rings. The van der Waals surface area contributed by atoms with Crippen LogP contribution < -0.4 is 4.90 Å². The van der Waals surface area contributed by atoms with Gasteiger partial charge in [-0.3, -0.25) is 4.79 Å². The van der Waals surface area contributed by atoms with Crippen molar-refractivity contribution < 1.29 is 23.1 Å². The second-order valence-corrected chi connectivity index (χ2v) is 7.75. The third kappa shape index (κ3) is 3.68. The molecule has 2 aromatic carbocycles. The largest absolute Gasteiger partial charge is 0.393 e. The monoisotopic (exact) mass is 392 g/mol. The molecule has 0 spiro atoms. The van der Waals surface area contributed by atoms with Crippen LogP contribution in [-0.4, -0.2) is 54.4 Å². The SMILES string of the molecule is O=C(CN1C[C@@H](O)Cc2ccc3ccccc3c21)N1CCC[C@H](C(F)(F)F)C1. The fraction of sp³-hybridized carbons (Fsp3) is 0.476. The number of halogens is 3. The number of hydrogen-bond donors (Lipinski definition) is 1. The van der Waals surface area contributed by atoms with Gasteiger partial charge in [0.1, 0.15) is 0 Å². The Kier molecular flexibility index (Phi) is 4.95. The summed E-state index contributed by atoms with van der Waals surface area (Å²) in [6.07, 6.45) is -3.94. The minimum absolute atomic E-state index is 0.0252. The molecule has 2 heterocycles. The summed E-state index contributed by atoms with van der Waals surface area (Å²) in [7, 11) is 0. The first kappa shape index (κ1) is 19.1. The van der Waals surface area contributed by atoms with Crippen molar-refractivity contribution in [1.82, 2.24) is 4.90 Å². The quantitative estimate of drug-likeness (QED) is 0.852. The zero-order chi connectivity index (χ0) is 19.9. The Hall–Kier alpha value is -2.28. The molecule has 0 saturated carbocycles. The second kappa shape index (κ2) is 7.28. The number of β-amino-alcohol motifs (C(OH)–C–C–N with tert-alkyl or cyclic N) is 1. The molecule has 2 aliphatic heterocycles. The zero-order valence-electron chi connectivity index (χ0n) is 15.5. The van der Waals surface area contributed by atoms with E-state index in [1.165, 1.54) is 4.90 Å². The van der Waals surface area contributed by atoms with E-state index < -0.39 is 18.2 Å². The molecular weight excluding hydrogens is 369 g/mol. The molecule has 0 radical (unpaired) electrons. The third-order valence-corrected chi connectivity index (χ3v) is 5.75. The summed E-state index contributed by atoms with van der Waals surface area (Å²) in [5.74, 6) is -1.77. The number of nitrogens with zero attached hydrogens (tertiary/aromatic N) is 2. The third-order valence-electron chi connectivity index (χ3n) is 5.75. The van der Waals surface area contributed by atoms with Gasteiger partial charge in [-0.25, -0.2) is 0 Å². The maximum atomic E-state index is 13.1. The number of anilines is 1. The number of fused-ring (bicyclic) bond motifs is 3. The molecule has 2 atom stereocenters. The number of carbonyl (C=O) groups excluding carboxylic acids is 1. The van der Waals surface area contributed by atoms with Crippen molar-refractivity contribution in [3.05, 3.63) is 42.0 Å². The molecule has 0 aliphatic carbocycles. The van der Waals surface area contributed by atoms with Crippen LogP contribution in [0.4, 0.5) is 18.9 Å². The van der Waals surface area contributed by atoms with Crippen molar-refractivity contribution in [3.63, 3.8) is 0 Å².